The molecular formula is C22H21ClN8O. The van der Waals surface area contributed by atoms with E-state index in [4.69, 9.17) is 17.1 Å². The van der Waals surface area contributed by atoms with Crippen LogP contribution in [0.2, 0.25) is 5.02 Å². The molecule has 162 valence electrons. The first kappa shape index (κ1) is 20.2. The molecule has 4 heterocycles. The van der Waals surface area contributed by atoms with Crippen molar-refractivity contribution in [1.29, 1.82) is 5.53 Å². The average molecular weight is 449 g/mol. The first-order valence-electron chi connectivity index (χ1n) is 10.3. The number of hydrogen-bond acceptors (Lipinski definition) is 6. The summed E-state index contributed by atoms with van der Waals surface area (Å²) in [7, 11) is 0. The predicted molar refractivity (Wildman–Crippen MR) is 120 cm³/mol. The Morgan fingerprint density at radius 2 is 2.19 bits per heavy atom. The Labute approximate surface area is 188 Å². The van der Waals surface area contributed by atoms with Crippen LogP contribution in [0.3, 0.4) is 0 Å². The van der Waals surface area contributed by atoms with E-state index >= 15 is 0 Å². The highest BCUT2D eigenvalue weighted by molar-refractivity contribution is 6.35. The molecule has 5 rings (SSSR count). The number of aromatic nitrogens is 4. The summed E-state index contributed by atoms with van der Waals surface area (Å²) in [5.41, 5.74) is 11.8. The van der Waals surface area contributed by atoms with Gasteiger partial charge in [-0.15, -0.1) is 0 Å². The second-order valence-electron chi connectivity index (χ2n) is 7.80. The molecule has 0 bridgehead atoms. The summed E-state index contributed by atoms with van der Waals surface area (Å²) in [5.74, 6) is 0.210. The lowest BCUT2D eigenvalue weighted by atomic mass is 10.2. The van der Waals surface area contributed by atoms with Crippen LogP contribution in [0, 0.1) is 5.53 Å². The van der Waals surface area contributed by atoms with E-state index in [1.807, 2.05) is 22.7 Å². The van der Waals surface area contributed by atoms with E-state index in [0.717, 1.165) is 22.2 Å². The molecule has 0 spiro atoms. The Hall–Kier alpha value is -3.72. The maximum absolute atomic E-state index is 12.4. The van der Waals surface area contributed by atoms with Gasteiger partial charge in [0.15, 0.2) is 5.70 Å². The van der Waals surface area contributed by atoms with Gasteiger partial charge in [0.25, 0.3) is 5.91 Å². The number of fused-ring (bicyclic) bond motifs is 2. The number of aromatic amines is 1. The number of nitrogens with one attached hydrogen (secondary N) is 4. The van der Waals surface area contributed by atoms with Gasteiger partial charge >= 0.3 is 0 Å². The lowest BCUT2D eigenvalue weighted by molar-refractivity contribution is -0.117. The second kappa shape index (κ2) is 8.43. The number of pyridine rings is 2. The Morgan fingerprint density at radius 3 is 3.00 bits per heavy atom. The zero-order valence-electron chi connectivity index (χ0n) is 17.1. The maximum Gasteiger partial charge on any atom is 0.273 e. The fraction of sp³-hybridized carbons (Fsp3) is 0.227. The SMILES string of the molecule is N=N/C(=C\NCc1cn2cc(C3CC3)ccc2n1)C(=O)NCc1cc2c(Cl)c[nH]c2cn1. The minimum absolute atomic E-state index is 0.0365. The normalized spacial score (nSPS) is 14.1. The number of hydrogen-bond donors (Lipinski definition) is 4. The van der Waals surface area contributed by atoms with Crippen LogP contribution in [0.1, 0.15) is 35.7 Å². The van der Waals surface area contributed by atoms with Gasteiger partial charge in [-0.1, -0.05) is 17.7 Å². The number of imidazole rings is 1. The molecule has 9 nitrogen and oxygen atoms in total. The van der Waals surface area contributed by atoms with Crippen LogP contribution in [0.25, 0.3) is 16.6 Å². The molecule has 1 aliphatic rings. The number of nitrogens with zero attached hydrogens (tertiary/aromatic N) is 4. The lowest BCUT2D eigenvalue weighted by Crippen LogP contribution is -2.25. The number of rotatable bonds is 8. The van der Waals surface area contributed by atoms with Crippen molar-refractivity contribution in [3.63, 3.8) is 0 Å². The third-order valence-electron chi connectivity index (χ3n) is 5.45. The fourth-order valence-corrected chi connectivity index (χ4v) is 3.80. The zero-order valence-corrected chi connectivity index (χ0v) is 17.9. The molecule has 0 unspecified atom stereocenters. The van der Waals surface area contributed by atoms with Crippen molar-refractivity contribution in [1.82, 2.24) is 30.0 Å². The summed E-state index contributed by atoms with van der Waals surface area (Å²) < 4.78 is 2.03. The molecule has 1 aliphatic carbocycles. The number of halogens is 1. The molecule has 4 N–H and O–H groups in total. The molecule has 0 atom stereocenters. The first-order valence-corrected chi connectivity index (χ1v) is 10.7. The number of H-pyrrole nitrogens is 1. The quantitative estimate of drug-likeness (QED) is 0.240. The van der Waals surface area contributed by atoms with Crippen LogP contribution in [-0.4, -0.2) is 25.3 Å². The highest BCUT2D eigenvalue weighted by Crippen LogP contribution is 2.39. The third-order valence-corrected chi connectivity index (χ3v) is 5.76. The Bertz CT molecular complexity index is 1350. The van der Waals surface area contributed by atoms with Crippen molar-refractivity contribution in [3.8, 4) is 0 Å². The number of amides is 1. The van der Waals surface area contributed by atoms with E-state index in [0.29, 0.717) is 23.2 Å². The molecule has 1 amide bonds. The first-order chi connectivity index (χ1) is 15.6. The van der Waals surface area contributed by atoms with Crippen molar-refractivity contribution in [2.75, 3.05) is 0 Å². The zero-order chi connectivity index (χ0) is 22.1. The molecule has 1 fully saturated rings. The Balaban J connectivity index is 1.19. The predicted octanol–water partition coefficient (Wildman–Crippen LogP) is 4.02. The highest BCUT2D eigenvalue weighted by Gasteiger charge is 2.23. The summed E-state index contributed by atoms with van der Waals surface area (Å²) in [5, 5.41) is 10.5. The van der Waals surface area contributed by atoms with Crippen LogP contribution in [-0.2, 0) is 17.9 Å². The highest BCUT2D eigenvalue weighted by atomic mass is 35.5. The topological polar surface area (TPSA) is 123 Å². The standard InChI is InChI=1S/C22H21ClN8O/c23-18-8-27-19-10-26-15(5-17(18)19)7-28-22(32)20(30-24)9-25-6-16-12-31-11-14(13-1-2-13)3-4-21(31)29-16/h3-5,8-13,24-25,27H,1-2,6-7H2,(H,28,32)/b20-9-,30-24?. The molecule has 0 saturated heterocycles. The van der Waals surface area contributed by atoms with Gasteiger partial charge in [-0.3, -0.25) is 9.78 Å². The lowest BCUT2D eigenvalue weighted by Gasteiger charge is -2.05. The minimum atomic E-state index is -0.473. The Kier molecular flexibility index (Phi) is 5.32. The molecule has 10 heteroatoms. The van der Waals surface area contributed by atoms with E-state index in [9.17, 15) is 4.79 Å². The summed E-state index contributed by atoms with van der Waals surface area (Å²) in [4.78, 5) is 24.3. The molecule has 0 radical (unpaired) electrons. The van der Waals surface area contributed by atoms with E-state index in [2.05, 4.69) is 43.0 Å². The second-order valence-corrected chi connectivity index (χ2v) is 8.20. The fourth-order valence-electron chi connectivity index (χ4n) is 3.59. The van der Waals surface area contributed by atoms with E-state index in [1.54, 1.807) is 12.4 Å². The minimum Gasteiger partial charge on any atom is -0.383 e. The van der Waals surface area contributed by atoms with Gasteiger partial charge in [0.2, 0.25) is 0 Å². The van der Waals surface area contributed by atoms with Gasteiger partial charge in [-0.25, -0.2) is 10.5 Å². The van der Waals surface area contributed by atoms with Gasteiger partial charge in [0.05, 0.1) is 41.2 Å². The molecule has 4 aromatic heterocycles. The molecule has 0 aromatic carbocycles. The van der Waals surface area contributed by atoms with E-state index < -0.39 is 5.91 Å². The van der Waals surface area contributed by atoms with Crippen LogP contribution in [0.5, 0.6) is 0 Å². The van der Waals surface area contributed by atoms with E-state index in [1.165, 1.54) is 24.6 Å². The van der Waals surface area contributed by atoms with Crippen LogP contribution in [0.4, 0.5) is 0 Å². The summed E-state index contributed by atoms with van der Waals surface area (Å²) in [6.07, 6.45) is 11.4. The summed E-state index contributed by atoms with van der Waals surface area (Å²) in [6.45, 7) is 0.607. The number of carbonyl (C=O) groups is 1. The van der Waals surface area contributed by atoms with Crippen LogP contribution >= 0.6 is 11.6 Å². The van der Waals surface area contributed by atoms with Crippen molar-refractivity contribution in [2.24, 2.45) is 5.11 Å². The third kappa shape index (κ3) is 4.19. The monoisotopic (exact) mass is 448 g/mol. The number of carbonyl (C=O) groups excluding carboxylic acids is 1. The smallest absolute Gasteiger partial charge is 0.273 e. The van der Waals surface area contributed by atoms with Crippen LogP contribution in [0.15, 0.2) is 60.0 Å². The summed E-state index contributed by atoms with van der Waals surface area (Å²) in [6, 6.07) is 5.97. The molecular weight excluding hydrogens is 428 g/mol. The van der Waals surface area contributed by atoms with Gasteiger partial charge < -0.3 is 20.0 Å². The van der Waals surface area contributed by atoms with Gasteiger partial charge in [-0.2, -0.15) is 5.11 Å². The van der Waals surface area contributed by atoms with Gasteiger partial charge in [0, 0.05) is 30.2 Å². The van der Waals surface area contributed by atoms with Crippen molar-refractivity contribution in [2.45, 2.75) is 31.8 Å². The maximum atomic E-state index is 12.4. The van der Waals surface area contributed by atoms with Gasteiger partial charge in [0.1, 0.15) is 5.65 Å². The average Bonchev–Trinajstić information content (AvgIpc) is 3.48. The van der Waals surface area contributed by atoms with Crippen molar-refractivity contribution in [3.05, 3.63) is 76.9 Å². The Morgan fingerprint density at radius 1 is 1.31 bits per heavy atom. The van der Waals surface area contributed by atoms with Gasteiger partial charge in [-0.05, 0) is 36.5 Å². The van der Waals surface area contributed by atoms with Crippen molar-refractivity contribution < 1.29 is 4.79 Å². The largest absolute Gasteiger partial charge is 0.383 e. The molecule has 0 aliphatic heterocycles. The van der Waals surface area contributed by atoms with Crippen LogP contribution < -0.4 is 10.6 Å². The van der Waals surface area contributed by atoms with Crippen molar-refractivity contribution >= 4 is 34.1 Å². The molecule has 1 saturated carbocycles. The molecule has 4 aromatic rings. The molecule has 32 heavy (non-hydrogen) atoms. The summed E-state index contributed by atoms with van der Waals surface area (Å²) >= 11 is 6.13. The van der Waals surface area contributed by atoms with E-state index in [-0.39, 0.29) is 12.2 Å².